The Hall–Kier alpha value is -1.93. The maximum atomic E-state index is 11.6. The van der Waals surface area contributed by atoms with E-state index in [1.807, 2.05) is 4.98 Å². The number of aliphatic hydroxyl groups excluding tert-OH is 1. The van der Waals surface area contributed by atoms with Crippen LogP contribution in [0.5, 0.6) is 0 Å². The fourth-order valence-electron chi connectivity index (χ4n) is 1.41. The summed E-state index contributed by atoms with van der Waals surface area (Å²) in [6.45, 7) is -0.0837. The van der Waals surface area contributed by atoms with Gasteiger partial charge in [-0.2, -0.15) is 0 Å². The molecule has 0 saturated heterocycles. The van der Waals surface area contributed by atoms with Crippen LogP contribution < -0.4 is 16.6 Å². The van der Waals surface area contributed by atoms with Crippen LogP contribution in [0.4, 0.5) is 0 Å². The van der Waals surface area contributed by atoms with Crippen molar-refractivity contribution in [1.29, 1.82) is 0 Å². The monoisotopic (exact) mass is 257 g/mol. The van der Waals surface area contributed by atoms with Crippen molar-refractivity contribution in [2.45, 2.75) is 12.5 Å². The average Bonchev–Trinajstić information content (AvgIpc) is 2.26. The van der Waals surface area contributed by atoms with E-state index in [0.29, 0.717) is 0 Å². The molecule has 1 rings (SSSR count). The molecule has 4 N–H and O–H groups in total. The highest BCUT2D eigenvalue weighted by atomic mass is 16.5. The number of aliphatic hydroxyl groups is 1. The van der Waals surface area contributed by atoms with Crippen LogP contribution in [0, 0.1) is 0 Å². The second kappa shape index (κ2) is 6.72. The highest BCUT2D eigenvalue weighted by molar-refractivity contribution is 5.78. The first kappa shape index (κ1) is 14.1. The van der Waals surface area contributed by atoms with Crippen molar-refractivity contribution in [3.63, 3.8) is 0 Å². The van der Waals surface area contributed by atoms with Crippen LogP contribution in [0.2, 0.25) is 0 Å². The Bertz CT molecular complexity index is 478. The number of carbonyl (C=O) groups excluding carboxylic acids is 1. The number of hydrogen-bond acceptors (Lipinski definition) is 5. The Morgan fingerprint density at radius 3 is 2.78 bits per heavy atom. The molecule has 1 heterocycles. The number of amides is 1. The van der Waals surface area contributed by atoms with Gasteiger partial charge in [0.15, 0.2) is 0 Å². The average molecular weight is 257 g/mol. The minimum Gasteiger partial charge on any atom is -0.394 e. The summed E-state index contributed by atoms with van der Waals surface area (Å²) < 4.78 is 4.80. The summed E-state index contributed by atoms with van der Waals surface area (Å²) in [5.41, 5.74) is -1.03. The number of hydrogen-bond donors (Lipinski definition) is 4. The van der Waals surface area contributed by atoms with Crippen molar-refractivity contribution in [2.24, 2.45) is 0 Å². The van der Waals surface area contributed by atoms with E-state index in [0.717, 1.165) is 6.07 Å². The Morgan fingerprint density at radius 1 is 1.50 bits per heavy atom. The molecule has 8 heteroatoms. The maximum Gasteiger partial charge on any atom is 0.325 e. The fourth-order valence-corrected chi connectivity index (χ4v) is 1.41. The molecule has 0 aliphatic rings. The molecular weight excluding hydrogens is 242 g/mol. The Morgan fingerprint density at radius 2 is 2.22 bits per heavy atom. The van der Waals surface area contributed by atoms with E-state index in [4.69, 9.17) is 9.84 Å². The molecule has 0 aliphatic heterocycles. The van der Waals surface area contributed by atoms with Crippen LogP contribution >= 0.6 is 0 Å². The molecule has 8 nitrogen and oxygen atoms in total. The number of aromatic amines is 2. The summed E-state index contributed by atoms with van der Waals surface area (Å²) in [7, 11) is 1.45. The van der Waals surface area contributed by atoms with Crippen molar-refractivity contribution in [3.8, 4) is 0 Å². The summed E-state index contributed by atoms with van der Waals surface area (Å²) >= 11 is 0. The highest BCUT2D eigenvalue weighted by Crippen LogP contribution is 1.90. The number of carbonyl (C=O) groups is 1. The molecule has 0 aromatic carbocycles. The second-order valence-electron chi connectivity index (χ2n) is 3.69. The molecule has 18 heavy (non-hydrogen) atoms. The molecular formula is C10H15N3O5. The van der Waals surface area contributed by atoms with Gasteiger partial charge in [0.1, 0.15) is 0 Å². The first-order valence-electron chi connectivity index (χ1n) is 5.27. The lowest BCUT2D eigenvalue weighted by molar-refractivity contribution is -0.121. The van der Waals surface area contributed by atoms with Gasteiger partial charge in [-0.1, -0.05) is 0 Å². The molecule has 0 saturated carbocycles. The SMILES string of the molecule is COCC(CO)NC(=O)Cc1cc(=O)[nH]c(=O)[nH]1. The van der Waals surface area contributed by atoms with E-state index in [1.165, 1.54) is 7.11 Å². The summed E-state index contributed by atoms with van der Waals surface area (Å²) in [6, 6.07) is 0.613. The number of nitrogens with one attached hydrogen (secondary N) is 3. The fraction of sp³-hybridized carbons (Fsp3) is 0.500. The van der Waals surface area contributed by atoms with Crippen LogP contribution in [-0.4, -0.2) is 47.3 Å². The van der Waals surface area contributed by atoms with Gasteiger partial charge in [-0.05, 0) is 0 Å². The molecule has 100 valence electrons. The molecule has 1 aromatic rings. The summed E-state index contributed by atoms with van der Waals surface area (Å²) in [4.78, 5) is 37.9. The van der Waals surface area contributed by atoms with E-state index in [-0.39, 0.29) is 25.3 Å². The summed E-state index contributed by atoms with van der Waals surface area (Å²) in [6.07, 6.45) is -0.153. The van der Waals surface area contributed by atoms with Gasteiger partial charge in [0.05, 0.1) is 25.7 Å². The number of aromatic nitrogens is 2. The van der Waals surface area contributed by atoms with Crippen LogP contribution in [-0.2, 0) is 16.0 Å². The Labute approximate surface area is 102 Å². The number of H-pyrrole nitrogens is 2. The molecule has 0 fully saturated rings. The topological polar surface area (TPSA) is 124 Å². The first-order valence-corrected chi connectivity index (χ1v) is 5.27. The largest absolute Gasteiger partial charge is 0.394 e. The van der Waals surface area contributed by atoms with Crippen molar-refractivity contribution in [3.05, 3.63) is 32.6 Å². The van der Waals surface area contributed by atoms with E-state index in [2.05, 4.69) is 10.3 Å². The van der Waals surface area contributed by atoms with E-state index >= 15 is 0 Å². The van der Waals surface area contributed by atoms with Gasteiger partial charge in [0.25, 0.3) is 5.56 Å². The van der Waals surface area contributed by atoms with Gasteiger partial charge in [-0.15, -0.1) is 0 Å². The number of rotatable bonds is 6. The molecule has 1 aromatic heterocycles. The van der Waals surface area contributed by atoms with E-state index < -0.39 is 23.2 Å². The second-order valence-corrected chi connectivity index (χ2v) is 3.69. The molecule has 0 aliphatic carbocycles. The lowest BCUT2D eigenvalue weighted by Crippen LogP contribution is -2.41. The van der Waals surface area contributed by atoms with Crippen LogP contribution in [0.3, 0.4) is 0 Å². The van der Waals surface area contributed by atoms with Gasteiger partial charge in [0, 0.05) is 18.9 Å². The van der Waals surface area contributed by atoms with Crippen LogP contribution in [0.15, 0.2) is 15.7 Å². The van der Waals surface area contributed by atoms with Gasteiger partial charge < -0.3 is 20.1 Å². The normalized spacial score (nSPS) is 12.1. The first-order chi connectivity index (χ1) is 8.55. The minimum absolute atomic E-state index is 0.153. The zero-order chi connectivity index (χ0) is 13.5. The lowest BCUT2D eigenvalue weighted by atomic mass is 10.2. The van der Waals surface area contributed by atoms with Crippen molar-refractivity contribution in [1.82, 2.24) is 15.3 Å². The number of methoxy groups -OCH3 is 1. The minimum atomic E-state index is -0.666. The van der Waals surface area contributed by atoms with Crippen molar-refractivity contribution >= 4 is 5.91 Å². The van der Waals surface area contributed by atoms with Gasteiger partial charge in [-0.25, -0.2) is 4.79 Å². The predicted molar refractivity (Wildman–Crippen MR) is 62.3 cm³/mol. The lowest BCUT2D eigenvalue weighted by Gasteiger charge is -2.14. The maximum absolute atomic E-state index is 11.6. The zero-order valence-corrected chi connectivity index (χ0v) is 9.86. The quantitative estimate of drug-likeness (QED) is 0.457. The predicted octanol–water partition coefficient (Wildman–Crippen LogP) is -2.27. The van der Waals surface area contributed by atoms with Gasteiger partial charge in [-0.3, -0.25) is 14.6 Å². The Kier molecular flexibility index (Phi) is 5.28. The van der Waals surface area contributed by atoms with Crippen molar-refractivity contribution in [2.75, 3.05) is 20.3 Å². The number of ether oxygens (including phenoxy) is 1. The molecule has 0 bridgehead atoms. The van der Waals surface area contributed by atoms with E-state index in [9.17, 15) is 14.4 Å². The third-order valence-corrected chi connectivity index (χ3v) is 2.12. The molecule has 1 atom stereocenters. The zero-order valence-electron chi connectivity index (χ0n) is 9.86. The highest BCUT2D eigenvalue weighted by Gasteiger charge is 2.12. The van der Waals surface area contributed by atoms with Gasteiger partial charge in [0.2, 0.25) is 5.91 Å². The standard InChI is InChI=1S/C10H15N3O5/c1-18-5-7(4-14)11-8(15)2-6-3-9(16)13-10(17)12-6/h3,7,14H,2,4-5H2,1H3,(H,11,15)(H2,12,13,16,17). The third-order valence-electron chi connectivity index (χ3n) is 2.12. The third kappa shape index (κ3) is 4.52. The Balaban J connectivity index is 2.64. The summed E-state index contributed by atoms with van der Waals surface area (Å²) in [5.74, 6) is -0.424. The van der Waals surface area contributed by atoms with Crippen LogP contribution in [0.1, 0.15) is 5.69 Å². The molecule has 0 spiro atoms. The van der Waals surface area contributed by atoms with E-state index in [1.54, 1.807) is 0 Å². The summed E-state index contributed by atoms with van der Waals surface area (Å²) in [5, 5.41) is 11.5. The van der Waals surface area contributed by atoms with Gasteiger partial charge >= 0.3 is 5.69 Å². The molecule has 1 amide bonds. The molecule has 0 radical (unpaired) electrons. The molecule has 1 unspecified atom stereocenters. The van der Waals surface area contributed by atoms with Crippen LogP contribution in [0.25, 0.3) is 0 Å². The smallest absolute Gasteiger partial charge is 0.325 e. The van der Waals surface area contributed by atoms with Crippen molar-refractivity contribution < 1.29 is 14.6 Å².